The van der Waals surface area contributed by atoms with Crippen LogP contribution in [0.1, 0.15) is 60.0 Å². The van der Waals surface area contributed by atoms with Gasteiger partial charge in [-0.15, -0.1) is 0 Å². The first kappa shape index (κ1) is 29.6. The van der Waals surface area contributed by atoms with Gasteiger partial charge in [0.05, 0.1) is 12.5 Å². The Labute approximate surface area is 247 Å². The monoisotopic (exact) mass is 572 g/mol. The van der Waals surface area contributed by atoms with Gasteiger partial charge < -0.3 is 24.6 Å². The summed E-state index contributed by atoms with van der Waals surface area (Å²) < 4.78 is 16.3. The van der Waals surface area contributed by atoms with Gasteiger partial charge in [-0.3, -0.25) is 14.5 Å². The second kappa shape index (κ2) is 13.4. The first-order valence-electron chi connectivity index (χ1n) is 14.8. The molecule has 2 aliphatic rings. The summed E-state index contributed by atoms with van der Waals surface area (Å²) in [6, 6.07) is 19.4. The standard InChI is InChI=1S/C34H40N2O6/c1-4-23-9-6-10-24(5-2)32(23)35-30(37)20-36-19-27(26-15-16-28-29(18-26)42-21-41-28)31(34(38)39)33(36)25-13-11-22(12-14-25)8-7-17-40-3/h6,9-16,18,27,31,33H,4-5,7-8,17,19-21H2,1-3H3,(H,35,37)(H,38,39)/t27?,31-,33+/m0/s1. The van der Waals surface area contributed by atoms with Crippen molar-refractivity contribution in [1.82, 2.24) is 4.90 Å². The number of aliphatic carboxylic acids is 1. The van der Waals surface area contributed by atoms with E-state index in [0.717, 1.165) is 53.6 Å². The summed E-state index contributed by atoms with van der Waals surface area (Å²) in [6.45, 7) is 5.48. The van der Waals surface area contributed by atoms with Gasteiger partial charge in [0, 0.05) is 37.9 Å². The Balaban J connectivity index is 1.46. The number of anilines is 1. The van der Waals surface area contributed by atoms with E-state index in [1.54, 1.807) is 7.11 Å². The first-order valence-corrected chi connectivity index (χ1v) is 14.8. The molecule has 0 radical (unpaired) electrons. The SMILES string of the molecule is CCc1cccc(CC)c1NC(=O)CN1CC(c2ccc3c(c2)OCO3)[C@H](C(=O)O)[C@H]1c1ccc(CCCOC)cc1. The highest BCUT2D eigenvalue weighted by molar-refractivity contribution is 5.94. The Bertz CT molecular complexity index is 1380. The van der Waals surface area contributed by atoms with Gasteiger partial charge >= 0.3 is 5.97 Å². The molecule has 5 rings (SSSR count). The lowest BCUT2D eigenvalue weighted by atomic mass is 9.82. The second-order valence-electron chi connectivity index (χ2n) is 11.0. The number of amides is 1. The highest BCUT2D eigenvalue weighted by Crippen LogP contribution is 2.47. The summed E-state index contributed by atoms with van der Waals surface area (Å²) in [4.78, 5) is 28.6. The minimum absolute atomic E-state index is 0.0757. The van der Waals surface area contributed by atoms with Crippen LogP contribution in [0.15, 0.2) is 60.7 Å². The molecule has 1 saturated heterocycles. The number of aryl methyl sites for hydroxylation is 3. The summed E-state index contributed by atoms with van der Waals surface area (Å²) >= 11 is 0. The molecule has 1 unspecified atom stereocenters. The predicted molar refractivity (Wildman–Crippen MR) is 161 cm³/mol. The molecule has 0 aromatic heterocycles. The number of rotatable bonds is 12. The maximum Gasteiger partial charge on any atom is 0.309 e. The third-order valence-corrected chi connectivity index (χ3v) is 8.45. The van der Waals surface area contributed by atoms with Crippen LogP contribution in [0.25, 0.3) is 0 Å². The molecule has 2 heterocycles. The van der Waals surface area contributed by atoms with E-state index in [2.05, 4.69) is 31.3 Å². The Morgan fingerprint density at radius 2 is 1.67 bits per heavy atom. The number of hydrogen-bond donors (Lipinski definition) is 2. The zero-order valence-electron chi connectivity index (χ0n) is 24.6. The number of para-hydroxylation sites is 1. The number of carboxylic acid groups (broad SMARTS) is 1. The van der Waals surface area contributed by atoms with Gasteiger partial charge in [-0.1, -0.05) is 62.4 Å². The van der Waals surface area contributed by atoms with Crippen molar-refractivity contribution in [3.05, 3.63) is 88.5 Å². The van der Waals surface area contributed by atoms with E-state index < -0.39 is 17.9 Å². The third-order valence-electron chi connectivity index (χ3n) is 8.45. The highest BCUT2D eigenvalue weighted by atomic mass is 16.7. The molecular weight excluding hydrogens is 532 g/mol. The van der Waals surface area contributed by atoms with Crippen molar-refractivity contribution < 1.29 is 28.9 Å². The van der Waals surface area contributed by atoms with Crippen LogP contribution in [-0.2, 0) is 33.6 Å². The summed E-state index contributed by atoms with van der Waals surface area (Å²) in [5, 5.41) is 13.8. The summed E-state index contributed by atoms with van der Waals surface area (Å²) in [5.41, 5.74) is 5.96. The van der Waals surface area contributed by atoms with Gasteiger partial charge in [-0.2, -0.15) is 0 Å². The van der Waals surface area contributed by atoms with Crippen LogP contribution >= 0.6 is 0 Å². The Morgan fingerprint density at radius 1 is 0.976 bits per heavy atom. The molecule has 0 spiro atoms. The smallest absolute Gasteiger partial charge is 0.309 e. The van der Waals surface area contributed by atoms with Crippen molar-refractivity contribution in [3.63, 3.8) is 0 Å². The average molecular weight is 573 g/mol. The quantitative estimate of drug-likeness (QED) is 0.273. The minimum Gasteiger partial charge on any atom is -0.481 e. The van der Waals surface area contributed by atoms with E-state index >= 15 is 0 Å². The topological polar surface area (TPSA) is 97.3 Å². The molecule has 222 valence electrons. The Hall–Kier alpha value is -3.88. The average Bonchev–Trinajstić information content (AvgIpc) is 3.62. The third kappa shape index (κ3) is 6.30. The van der Waals surface area contributed by atoms with Crippen LogP contribution in [0.3, 0.4) is 0 Å². The van der Waals surface area contributed by atoms with Crippen molar-refractivity contribution in [3.8, 4) is 11.5 Å². The molecule has 8 heteroatoms. The minimum atomic E-state index is -0.889. The van der Waals surface area contributed by atoms with Crippen LogP contribution in [0.4, 0.5) is 5.69 Å². The number of ether oxygens (including phenoxy) is 3. The van der Waals surface area contributed by atoms with Crippen LogP contribution in [0.5, 0.6) is 11.5 Å². The first-order chi connectivity index (χ1) is 20.4. The molecule has 0 saturated carbocycles. The maximum atomic E-state index is 13.6. The molecule has 1 fully saturated rings. The largest absolute Gasteiger partial charge is 0.481 e. The number of likely N-dealkylation sites (tertiary alicyclic amines) is 1. The Kier molecular flexibility index (Phi) is 9.45. The van der Waals surface area contributed by atoms with E-state index in [1.807, 2.05) is 53.4 Å². The molecule has 1 amide bonds. The zero-order valence-corrected chi connectivity index (χ0v) is 24.6. The van der Waals surface area contributed by atoms with Gasteiger partial charge in [0.1, 0.15) is 0 Å². The molecule has 0 aliphatic carbocycles. The molecule has 3 aromatic rings. The molecule has 3 aromatic carbocycles. The van der Waals surface area contributed by atoms with Gasteiger partial charge in [0.25, 0.3) is 0 Å². The fraction of sp³-hybridized carbons (Fsp3) is 0.412. The number of carbonyl (C=O) groups is 2. The summed E-state index contributed by atoms with van der Waals surface area (Å²) in [7, 11) is 1.69. The molecule has 3 atom stereocenters. The summed E-state index contributed by atoms with van der Waals surface area (Å²) in [5.74, 6) is -0.867. The van der Waals surface area contributed by atoms with Crippen LogP contribution in [0, 0.1) is 5.92 Å². The lowest BCUT2D eigenvalue weighted by molar-refractivity contribution is -0.143. The fourth-order valence-corrected chi connectivity index (χ4v) is 6.34. The van der Waals surface area contributed by atoms with E-state index in [4.69, 9.17) is 14.2 Å². The van der Waals surface area contributed by atoms with Gasteiger partial charge in [0.2, 0.25) is 12.7 Å². The van der Waals surface area contributed by atoms with Crippen molar-refractivity contribution in [2.24, 2.45) is 5.92 Å². The number of hydrogen-bond acceptors (Lipinski definition) is 6. The number of fused-ring (bicyclic) bond motifs is 1. The van der Waals surface area contributed by atoms with E-state index in [-0.39, 0.29) is 25.2 Å². The van der Waals surface area contributed by atoms with Crippen molar-refractivity contribution in [1.29, 1.82) is 0 Å². The van der Waals surface area contributed by atoms with Crippen molar-refractivity contribution in [2.45, 2.75) is 51.5 Å². The normalized spacial score (nSPS) is 19.6. The lowest BCUT2D eigenvalue weighted by Gasteiger charge is -2.27. The Morgan fingerprint density at radius 3 is 2.33 bits per heavy atom. The fourth-order valence-electron chi connectivity index (χ4n) is 6.34. The van der Waals surface area contributed by atoms with Crippen molar-refractivity contribution >= 4 is 17.6 Å². The van der Waals surface area contributed by atoms with Gasteiger partial charge in [0.15, 0.2) is 11.5 Å². The van der Waals surface area contributed by atoms with Crippen LogP contribution in [-0.4, -0.2) is 55.5 Å². The summed E-state index contributed by atoms with van der Waals surface area (Å²) in [6.07, 6.45) is 3.40. The number of benzene rings is 3. The van der Waals surface area contributed by atoms with Gasteiger partial charge in [-0.25, -0.2) is 0 Å². The number of nitrogens with zero attached hydrogens (tertiary/aromatic N) is 1. The molecule has 42 heavy (non-hydrogen) atoms. The van der Waals surface area contributed by atoms with E-state index in [0.29, 0.717) is 24.7 Å². The molecule has 2 N–H and O–H groups in total. The number of nitrogens with one attached hydrogen (secondary N) is 1. The number of carbonyl (C=O) groups excluding carboxylic acids is 1. The van der Waals surface area contributed by atoms with Crippen LogP contribution in [0.2, 0.25) is 0 Å². The molecule has 8 nitrogen and oxygen atoms in total. The maximum absolute atomic E-state index is 13.6. The van der Waals surface area contributed by atoms with Gasteiger partial charge in [-0.05, 0) is 65.6 Å². The highest BCUT2D eigenvalue weighted by Gasteiger charge is 2.48. The zero-order chi connectivity index (χ0) is 29.6. The predicted octanol–water partition coefficient (Wildman–Crippen LogP) is 5.60. The molecular formula is C34H40N2O6. The number of methoxy groups -OCH3 is 1. The second-order valence-corrected chi connectivity index (χ2v) is 11.0. The van der Waals surface area contributed by atoms with Crippen molar-refractivity contribution in [2.75, 3.05) is 38.9 Å². The number of carboxylic acids is 1. The van der Waals surface area contributed by atoms with E-state index in [9.17, 15) is 14.7 Å². The molecule has 0 bridgehead atoms. The van der Waals surface area contributed by atoms with E-state index in [1.165, 1.54) is 5.56 Å². The lowest BCUT2D eigenvalue weighted by Crippen LogP contribution is -2.35. The van der Waals surface area contributed by atoms with Crippen LogP contribution < -0.4 is 14.8 Å². The molecule has 2 aliphatic heterocycles.